The first-order valence-electron chi connectivity index (χ1n) is 11.5. The summed E-state index contributed by atoms with van der Waals surface area (Å²) in [6, 6.07) is 1.29. The van der Waals surface area contributed by atoms with E-state index in [0.717, 1.165) is 18.4 Å². The van der Waals surface area contributed by atoms with Crippen molar-refractivity contribution in [2.75, 3.05) is 6.54 Å². The first-order chi connectivity index (χ1) is 15.8. The van der Waals surface area contributed by atoms with Gasteiger partial charge in [0.05, 0.1) is 24.1 Å². The Labute approximate surface area is 189 Å². The summed E-state index contributed by atoms with van der Waals surface area (Å²) in [5.74, 6) is -2.83. The summed E-state index contributed by atoms with van der Waals surface area (Å²) in [6.07, 6.45) is 4.66. The Morgan fingerprint density at radius 3 is 2.76 bits per heavy atom. The van der Waals surface area contributed by atoms with Crippen molar-refractivity contribution in [3.05, 3.63) is 29.7 Å². The van der Waals surface area contributed by atoms with Gasteiger partial charge in [0.2, 0.25) is 5.92 Å². The van der Waals surface area contributed by atoms with Crippen LogP contribution in [0.1, 0.15) is 62.7 Å². The van der Waals surface area contributed by atoms with Crippen molar-refractivity contribution < 1.29 is 23.1 Å². The minimum absolute atomic E-state index is 0.0582. The SMILES string of the molecule is C[C@@H]1CN(Cc2cnn3cc([C@@H](NC(=O)OC4CC4)C4CCC(F)(F)CC4)nc3c2)C(=O)N1. The third kappa shape index (κ3) is 5.01. The van der Waals surface area contributed by atoms with Gasteiger partial charge in [0.25, 0.3) is 0 Å². The number of imidazole rings is 1. The smallest absolute Gasteiger partial charge is 0.407 e. The fraction of sp³-hybridized carbons (Fsp3) is 0.636. The minimum atomic E-state index is -2.66. The number of alkyl halides is 2. The van der Waals surface area contributed by atoms with Gasteiger partial charge in [-0.1, -0.05) is 0 Å². The molecule has 0 radical (unpaired) electrons. The third-order valence-electron chi connectivity index (χ3n) is 6.54. The van der Waals surface area contributed by atoms with Gasteiger partial charge >= 0.3 is 12.1 Å². The Hall–Kier alpha value is -2.98. The number of urea groups is 1. The predicted octanol–water partition coefficient (Wildman–Crippen LogP) is 3.40. The molecule has 3 aliphatic rings. The van der Waals surface area contributed by atoms with Crippen LogP contribution in [-0.4, -0.2) is 56.2 Å². The van der Waals surface area contributed by atoms with Crippen LogP contribution in [0.15, 0.2) is 18.5 Å². The number of rotatable bonds is 6. The molecule has 1 aliphatic heterocycles. The molecule has 2 aromatic rings. The zero-order chi connectivity index (χ0) is 23.2. The molecule has 5 rings (SSSR count). The second kappa shape index (κ2) is 8.42. The molecule has 2 N–H and O–H groups in total. The van der Waals surface area contributed by atoms with Crippen LogP contribution in [0.25, 0.3) is 5.65 Å². The lowest BCUT2D eigenvalue weighted by molar-refractivity contribution is -0.0497. The molecule has 0 bridgehead atoms. The summed E-state index contributed by atoms with van der Waals surface area (Å²) in [7, 11) is 0. The minimum Gasteiger partial charge on any atom is -0.446 e. The standard InChI is InChI=1S/C22H28F2N6O3/c1-13-10-29(20(31)26-13)11-14-8-18-27-17(12-30(18)25-9-14)19(28-21(32)33-16-2-3-16)15-4-6-22(23,24)7-5-15/h8-9,12-13,15-16,19H,2-7,10-11H2,1H3,(H,26,31)(H,28,32)/t13-,19+/m1/s1. The molecule has 0 spiro atoms. The van der Waals surface area contributed by atoms with E-state index in [1.807, 2.05) is 13.0 Å². The molecule has 3 heterocycles. The van der Waals surface area contributed by atoms with Crippen LogP contribution in [0, 0.1) is 5.92 Å². The normalized spacial score (nSPS) is 24.0. The van der Waals surface area contributed by atoms with Gasteiger partial charge in [-0.2, -0.15) is 5.10 Å². The molecule has 1 saturated heterocycles. The summed E-state index contributed by atoms with van der Waals surface area (Å²) in [4.78, 5) is 30.8. The highest BCUT2D eigenvalue weighted by atomic mass is 19.3. The van der Waals surface area contributed by atoms with Crippen molar-refractivity contribution in [2.24, 2.45) is 5.92 Å². The molecule has 0 aromatic carbocycles. The zero-order valence-electron chi connectivity index (χ0n) is 18.5. The van der Waals surface area contributed by atoms with Crippen LogP contribution >= 0.6 is 0 Å². The molecule has 2 saturated carbocycles. The number of aromatic nitrogens is 3. The van der Waals surface area contributed by atoms with Crippen LogP contribution in [-0.2, 0) is 11.3 Å². The van der Waals surface area contributed by atoms with Crippen LogP contribution in [0.3, 0.4) is 0 Å². The number of nitrogens with one attached hydrogen (secondary N) is 2. The Morgan fingerprint density at radius 1 is 1.33 bits per heavy atom. The van der Waals surface area contributed by atoms with Gasteiger partial charge in [0, 0.05) is 32.0 Å². The van der Waals surface area contributed by atoms with Gasteiger partial charge in [-0.3, -0.25) is 0 Å². The summed E-state index contributed by atoms with van der Waals surface area (Å²) in [5, 5.41) is 10.1. The van der Waals surface area contributed by atoms with Crippen LogP contribution in [0.5, 0.6) is 0 Å². The summed E-state index contributed by atoms with van der Waals surface area (Å²) < 4.78 is 34.4. The maximum Gasteiger partial charge on any atom is 0.407 e. The summed E-state index contributed by atoms with van der Waals surface area (Å²) in [5.41, 5.74) is 1.97. The average Bonchev–Trinajstić information content (AvgIpc) is 3.37. The van der Waals surface area contributed by atoms with Gasteiger partial charge in [0.15, 0.2) is 5.65 Å². The molecule has 0 unspecified atom stereocenters. The maximum atomic E-state index is 13.7. The number of carbonyl (C=O) groups is 2. The highest BCUT2D eigenvalue weighted by Crippen LogP contribution is 2.41. The highest BCUT2D eigenvalue weighted by Gasteiger charge is 2.40. The van der Waals surface area contributed by atoms with E-state index in [2.05, 4.69) is 20.7 Å². The summed E-state index contributed by atoms with van der Waals surface area (Å²) >= 11 is 0. The largest absolute Gasteiger partial charge is 0.446 e. The van der Waals surface area contributed by atoms with E-state index in [0.29, 0.717) is 24.4 Å². The van der Waals surface area contributed by atoms with Crippen LogP contribution in [0.4, 0.5) is 18.4 Å². The number of nitrogens with zero attached hydrogens (tertiary/aromatic N) is 4. The quantitative estimate of drug-likeness (QED) is 0.685. The molecule has 178 valence electrons. The first kappa shape index (κ1) is 21.8. The number of hydrogen-bond donors (Lipinski definition) is 2. The fourth-order valence-electron chi connectivity index (χ4n) is 4.62. The number of fused-ring (bicyclic) bond motifs is 1. The number of amides is 3. The van der Waals surface area contributed by atoms with Crippen molar-refractivity contribution >= 4 is 17.8 Å². The van der Waals surface area contributed by atoms with Gasteiger partial charge in [0.1, 0.15) is 6.10 Å². The van der Waals surface area contributed by atoms with Crippen molar-refractivity contribution in [1.82, 2.24) is 30.1 Å². The molecule has 2 aliphatic carbocycles. The van der Waals surface area contributed by atoms with Crippen molar-refractivity contribution in [3.8, 4) is 0 Å². The molecule has 33 heavy (non-hydrogen) atoms. The number of hydrogen-bond acceptors (Lipinski definition) is 5. The number of carbonyl (C=O) groups excluding carboxylic acids is 2. The molecular formula is C22H28F2N6O3. The second-order valence-electron chi connectivity index (χ2n) is 9.48. The lowest BCUT2D eigenvalue weighted by atomic mass is 9.81. The topological polar surface area (TPSA) is 101 Å². The third-order valence-corrected chi connectivity index (χ3v) is 6.54. The van der Waals surface area contributed by atoms with Crippen molar-refractivity contribution in [2.45, 2.75) is 76.1 Å². The van der Waals surface area contributed by atoms with E-state index in [1.165, 1.54) is 0 Å². The van der Waals surface area contributed by atoms with E-state index in [-0.39, 0.29) is 49.8 Å². The van der Waals surface area contributed by atoms with Gasteiger partial charge in [-0.25, -0.2) is 27.9 Å². The van der Waals surface area contributed by atoms with E-state index >= 15 is 0 Å². The Morgan fingerprint density at radius 2 is 2.09 bits per heavy atom. The van der Waals surface area contributed by atoms with Crippen LogP contribution in [0.2, 0.25) is 0 Å². The molecule has 9 nitrogen and oxygen atoms in total. The van der Waals surface area contributed by atoms with Gasteiger partial charge in [-0.05, 0) is 50.2 Å². The lowest BCUT2D eigenvalue weighted by Crippen LogP contribution is -2.37. The number of ether oxygens (including phenoxy) is 1. The van der Waals surface area contributed by atoms with E-state index < -0.39 is 18.1 Å². The summed E-state index contributed by atoms with van der Waals surface area (Å²) in [6.45, 7) is 2.98. The fourth-order valence-corrected chi connectivity index (χ4v) is 4.62. The monoisotopic (exact) mass is 462 g/mol. The first-order valence-corrected chi connectivity index (χ1v) is 11.5. The van der Waals surface area contributed by atoms with E-state index in [4.69, 9.17) is 4.74 Å². The average molecular weight is 463 g/mol. The predicted molar refractivity (Wildman–Crippen MR) is 114 cm³/mol. The zero-order valence-corrected chi connectivity index (χ0v) is 18.5. The molecule has 3 amide bonds. The molecule has 11 heteroatoms. The van der Waals surface area contributed by atoms with Crippen LogP contribution < -0.4 is 10.6 Å². The van der Waals surface area contributed by atoms with Crippen molar-refractivity contribution in [3.63, 3.8) is 0 Å². The highest BCUT2D eigenvalue weighted by molar-refractivity contribution is 5.76. The van der Waals surface area contributed by atoms with Gasteiger partial charge < -0.3 is 20.3 Å². The molecule has 3 fully saturated rings. The van der Waals surface area contributed by atoms with Crippen molar-refractivity contribution in [1.29, 1.82) is 0 Å². The lowest BCUT2D eigenvalue weighted by Gasteiger charge is -2.33. The maximum absolute atomic E-state index is 13.7. The Balaban J connectivity index is 1.36. The Kier molecular flexibility index (Phi) is 5.57. The molecular weight excluding hydrogens is 434 g/mol. The molecule has 2 aromatic heterocycles. The van der Waals surface area contributed by atoms with E-state index in [1.54, 1.807) is 21.8 Å². The number of halogens is 2. The molecule has 2 atom stereocenters. The Bertz CT molecular complexity index is 1050. The second-order valence-corrected chi connectivity index (χ2v) is 9.48. The van der Waals surface area contributed by atoms with E-state index in [9.17, 15) is 18.4 Å². The van der Waals surface area contributed by atoms with Gasteiger partial charge in [-0.15, -0.1) is 0 Å². The number of alkyl carbamates (subject to hydrolysis) is 1.